The van der Waals surface area contributed by atoms with Crippen LogP contribution in [0.15, 0.2) is 24.4 Å². The zero-order chi connectivity index (χ0) is 12.3. The fraction of sp³-hybridized carbons (Fsp3) is 0.333. The van der Waals surface area contributed by atoms with Gasteiger partial charge in [-0.15, -0.1) is 0 Å². The normalized spacial score (nSPS) is 12.6. The van der Waals surface area contributed by atoms with E-state index in [0.717, 1.165) is 23.0 Å². The van der Waals surface area contributed by atoms with E-state index in [0.29, 0.717) is 6.42 Å². The molecule has 0 aliphatic heterocycles. The Morgan fingerprint density at radius 2 is 2.41 bits per heavy atom. The number of aromatic amines is 1. The molecule has 0 saturated heterocycles. The topological polar surface area (TPSA) is 83.8 Å². The Bertz CT molecular complexity index is 520. The summed E-state index contributed by atoms with van der Waals surface area (Å²) < 4.78 is 0. The van der Waals surface area contributed by atoms with E-state index in [1.165, 1.54) is 0 Å². The molecule has 0 radical (unpaired) electrons. The van der Waals surface area contributed by atoms with Gasteiger partial charge >= 0.3 is 0 Å². The zero-order valence-corrected chi connectivity index (χ0v) is 9.73. The molecule has 2 rings (SSSR count). The summed E-state index contributed by atoms with van der Waals surface area (Å²) in [5.41, 5.74) is 7.40. The maximum Gasteiger partial charge on any atom is 0.241 e. The highest BCUT2D eigenvalue weighted by Gasteiger charge is 2.13. The Balaban J connectivity index is 2.18. The van der Waals surface area contributed by atoms with Crippen molar-refractivity contribution in [1.82, 2.24) is 10.2 Å². The van der Waals surface area contributed by atoms with Crippen LogP contribution in [-0.2, 0) is 4.79 Å². The second-order valence-corrected chi connectivity index (χ2v) is 4.02. The quantitative estimate of drug-likeness (QED) is 0.749. The summed E-state index contributed by atoms with van der Waals surface area (Å²) in [6, 6.07) is 5.15. The van der Waals surface area contributed by atoms with Crippen molar-refractivity contribution in [3.05, 3.63) is 24.4 Å². The first kappa shape index (κ1) is 11.6. The first-order valence-electron chi connectivity index (χ1n) is 5.71. The van der Waals surface area contributed by atoms with Crippen molar-refractivity contribution in [2.24, 2.45) is 5.73 Å². The third kappa shape index (κ3) is 2.45. The van der Waals surface area contributed by atoms with Gasteiger partial charge in [0.1, 0.15) is 0 Å². The molecular weight excluding hydrogens is 216 g/mol. The highest BCUT2D eigenvalue weighted by atomic mass is 16.2. The van der Waals surface area contributed by atoms with Crippen LogP contribution in [-0.4, -0.2) is 22.1 Å². The fourth-order valence-corrected chi connectivity index (χ4v) is 1.74. The summed E-state index contributed by atoms with van der Waals surface area (Å²) in [5.74, 6) is -0.152. The first-order valence-corrected chi connectivity index (χ1v) is 5.71. The molecule has 17 heavy (non-hydrogen) atoms. The molecule has 4 N–H and O–H groups in total. The van der Waals surface area contributed by atoms with E-state index < -0.39 is 6.04 Å². The van der Waals surface area contributed by atoms with Gasteiger partial charge in [-0.1, -0.05) is 19.4 Å². The highest BCUT2D eigenvalue weighted by molar-refractivity contribution is 6.02. The monoisotopic (exact) mass is 232 g/mol. The van der Waals surface area contributed by atoms with Crippen molar-refractivity contribution < 1.29 is 4.79 Å². The Kier molecular flexibility index (Phi) is 3.39. The number of benzene rings is 1. The minimum absolute atomic E-state index is 0.152. The summed E-state index contributed by atoms with van der Waals surface area (Å²) in [6.07, 6.45) is 3.27. The van der Waals surface area contributed by atoms with Gasteiger partial charge in [-0.2, -0.15) is 5.10 Å². The molecule has 0 unspecified atom stereocenters. The van der Waals surface area contributed by atoms with Crippen LogP contribution >= 0.6 is 0 Å². The molecule has 1 amide bonds. The maximum absolute atomic E-state index is 11.8. The van der Waals surface area contributed by atoms with Gasteiger partial charge in [0.15, 0.2) is 0 Å². The van der Waals surface area contributed by atoms with Crippen LogP contribution < -0.4 is 11.1 Å². The van der Waals surface area contributed by atoms with Crippen LogP contribution in [0.4, 0.5) is 5.69 Å². The van der Waals surface area contributed by atoms with Gasteiger partial charge in [0, 0.05) is 5.39 Å². The van der Waals surface area contributed by atoms with E-state index in [4.69, 9.17) is 5.73 Å². The third-order valence-electron chi connectivity index (χ3n) is 2.68. The Labute approximate surface area is 99.4 Å². The van der Waals surface area contributed by atoms with Crippen LogP contribution in [0, 0.1) is 0 Å². The first-order chi connectivity index (χ1) is 8.22. The predicted octanol–water partition coefficient (Wildman–Crippen LogP) is 1.63. The Hall–Kier alpha value is -1.88. The average molecular weight is 232 g/mol. The molecule has 0 aliphatic carbocycles. The van der Waals surface area contributed by atoms with E-state index in [-0.39, 0.29) is 5.91 Å². The molecule has 0 fully saturated rings. The fourth-order valence-electron chi connectivity index (χ4n) is 1.74. The second-order valence-electron chi connectivity index (χ2n) is 4.02. The number of hydrogen-bond donors (Lipinski definition) is 3. The molecule has 2 aromatic rings. The van der Waals surface area contributed by atoms with Gasteiger partial charge < -0.3 is 11.1 Å². The minimum atomic E-state index is -0.456. The van der Waals surface area contributed by atoms with Crippen molar-refractivity contribution in [2.75, 3.05) is 5.32 Å². The molecular formula is C12H16N4O. The molecule has 5 nitrogen and oxygen atoms in total. The summed E-state index contributed by atoms with van der Waals surface area (Å²) >= 11 is 0. The lowest BCUT2D eigenvalue weighted by molar-refractivity contribution is -0.117. The number of anilines is 1. The Morgan fingerprint density at radius 3 is 3.18 bits per heavy atom. The predicted molar refractivity (Wildman–Crippen MR) is 67.6 cm³/mol. The van der Waals surface area contributed by atoms with Gasteiger partial charge in [-0.25, -0.2) is 0 Å². The van der Waals surface area contributed by atoms with Crippen molar-refractivity contribution >= 4 is 22.5 Å². The van der Waals surface area contributed by atoms with E-state index in [9.17, 15) is 4.79 Å². The summed E-state index contributed by atoms with van der Waals surface area (Å²) in [4.78, 5) is 11.8. The number of carbonyl (C=O) groups excluding carboxylic acids is 1. The molecule has 0 bridgehead atoms. The van der Waals surface area contributed by atoms with Gasteiger partial charge in [0.05, 0.1) is 23.4 Å². The minimum Gasteiger partial charge on any atom is -0.324 e. The standard InChI is InChI=1S/C12H16N4O/c1-2-4-9(13)12(17)15-10-5-3-6-11-8(10)7-14-16-11/h3,5-7,9H,2,4,13H2,1H3,(H,14,16)(H,15,17)/t9-/m0/s1. The number of fused-ring (bicyclic) bond motifs is 1. The zero-order valence-electron chi connectivity index (χ0n) is 9.73. The number of nitrogens with two attached hydrogens (primary N) is 1. The smallest absolute Gasteiger partial charge is 0.241 e. The maximum atomic E-state index is 11.8. The number of carbonyl (C=O) groups is 1. The van der Waals surface area contributed by atoms with E-state index >= 15 is 0 Å². The molecule has 5 heteroatoms. The number of H-pyrrole nitrogens is 1. The largest absolute Gasteiger partial charge is 0.324 e. The number of hydrogen-bond acceptors (Lipinski definition) is 3. The number of nitrogens with one attached hydrogen (secondary N) is 2. The Morgan fingerprint density at radius 1 is 1.59 bits per heavy atom. The number of aromatic nitrogens is 2. The SMILES string of the molecule is CCC[C@H](N)C(=O)Nc1cccc2[nH]ncc12. The third-order valence-corrected chi connectivity index (χ3v) is 2.68. The molecule has 1 heterocycles. The molecule has 0 saturated carbocycles. The average Bonchev–Trinajstić information content (AvgIpc) is 2.78. The van der Waals surface area contributed by atoms with Crippen molar-refractivity contribution in [2.45, 2.75) is 25.8 Å². The summed E-state index contributed by atoms with van der Waals surface area (Å²) in [6.45, 7) is 2.00. The summed E-state index contributed by atoms with van der Waals surface area (Å²) in [7, 11) is 0. The van der Waals surface area contributed by atoms with Crippen LogP contribution in [0.1, 0.15) is 19.8 Å². The van der Waals surface area contributed by atoms with E-state index in [1.807, 2.05) is 25.1 Å². The molecule has 0 spiro atoms. The molecule has 90 valence electrons. The van der Waals surface area contributed by atoms with Crippen LogP contribution in [0.25, 0.3) is 10.9 Å². The lowest BCUT2D eigenvalue weighted by Crippen LogP contribution is -2.35. The molecule has 1 aromatic heterocycles. The molecule has 0 aliphatic rings. The van der Waals surface area contributed by atoms with Crippen molar-refractivity contribution in [3.8, 4) is 0 Å². The van der Waals surface area contributed by atoms with Crippen molar-refractivity contribution in [1.29, 1.82) is 0 Å². The van der Waals surface area contributed by atoms with Crippen LogP contribution in [0.2, 0.25) is 0 Å². The lowest BCUT2D eigenvalue weighted by atomic mass is 10.1. The van der Waals surface area contributed by atoms with Gasteiger partial charge in [-0.05, 0) is 18.6 Å². The lowest BCUT2D eigenvalue weighted by Gasteiger charge is -2.11. The number of amides is 1. The van der Waals surface area contributed by atoms with Crippen molar-refractivity contribution in [3.63, 3.8) is 0 Å². The highest BCUT2D eigenvalue weighted by Crippen LogP contribution is 2.21. The molecule has 1 atom stereocenters. The molecule has 1 aromatic carbocycles. The number of rotatable bonds is 4. The second kappa shape index (κ2) is 4.97. The van der Waals surface area contributed by atoms with Gasteiger partial charge in [0.25, 0.3) is 0 Å². The van der Waals surface area contributed by atoms with Gasteiger partial charge in [-0.3, -0.25) is 9.89 Å². The number of nitrogens with zero attached hydrogens (tertiary/aromatic N) is 1. The van der Waals surface area contributed by atoms with E-state index in [1.54, 1.807) is 6.20 Å². The van der Waals surface area contributed by atoms with E-state index in [2.05, 4.69) is 15.5 Å². The summed E-state index contributed by atoms with van der Waals surface area (Å²) in [5, 5.41) is 10.5. The van der Waals surface area contributed by atoms with Crippen LogP contribution in [0.3, 0.4) is 0 Å². The van der Waals surface area contributed by atoms with Gasteiger partial charge in [0.2, 0.25) is 5.91 Å². The van der Waals surface area contributed by atoms with Crippen LogP contribution in [0.5, 0.6) is 0 Å².